The second-order valence-corrected chi connectivity index (χ2v) is 15.2. The fourth-order valence-electron chi connectivity index (χ4n) is 7.77. The smallest absolute Gasteiger partial charge is 0.0948 e. The van der Waals surface area contributed by atoms with E-state index in [-0.39, 0.29) is 0 Å². The molecule has 0 saturated heterocycles. The number of rotatable bonds is 35. The maximum absolute atomic E-state index is 4.49. The molecule has 0 aliphatic carbocycles. The molecular formula is C45H80N2. The molecule has 47 heavy (non-hydrogen) atoms. The molecule has 0 spiro atoms. The summed E-state index contributed by atoms with van der Waals surface area (Å²) >= 11 is 0. The fourth-order valence-corrected chi connectivity index (χ4v) is 7.77. The zero-order valence-electron chi connectivity index (χ0n) is 31.8. The van der Waals surface area contributed by atoms with Crippen LogP contribution >= 0.6 is 0 Å². The van der Waals surface area contributed by atoms with Gasteiger partial charge in [0.2, 0.25) is 0 Å². The van der Waals surface area contributed by atoms with Crippen LogP contribution in [0.25, 0.3) is 0 Å². The zero-order chi connectivity index (χ0) is 33.3. The van der Waals surface area contributed by atoms with Crippen molar-refractivity contribution in [1.29, 1.82) is 0 Å². The third kappa shape index (κ3) is 23.4. The SMILES string of the molecule is CCCCCCCCCCCCCCCCCCC(C(CCCCCCCCCCCCCCC)Cc1ccccc1)n1ccnc1. The van der Waals surface area contributed by atoms with Crippen molar-refractivity contribution in [2.75, 3.05) is 0 Å². The van der Waals surface area contributed by atoms with Crippen molar-refractivity contribution >= 4 is 0 Å². The maximum atomic E-state index is 4.49. The third-order valence-electron chi connectivity index (χ3n) is 10.8. The van der Waals surface area contributed by atoms with Gasteiger partial charge in [-0.1, -0.05) is 230 Å². The van der Waals surface area contributed by atoms with Crippen molar-refractivity contribution in [2.45, 2.75) is 225 Å². The molecule has 0 fully saturated rings. The highest BCUT2D eigenvalue weighted by Gasteiger charge is 2.23. The van der Waals surface area contributed by atoms with Gasteiger partial charge in [-0.25, -0.2) is 4.98 Å². The second-order valence-electron chi connectivity index (χ2n) is 15.2. The highest BCUT2D eigenvalue weighted by molar-refractivity contribution is 5.15. The lowest BCUT2D eigenvalue weighted by atomic mass is 9.84. The molecule has 1 aromatic carbocycles. The summed E-state index contributed by atoms with van der Waals surface area (Å²) in [4.78, 5) is 4.49. The molecule has 0 saturated carbocycles. The molecular weight excluding hydrogens is 569 g/mol. The Hall–Kier alpha value is -1.57. The van der Waals surface area contributed by atoms with Crippen LogP contribution in [-0.4, -0.2) is 9.55 Å². The summed E-state index contributed by atoms with van der Waals surface area (Å²) < 4.78 is 2.46. The van der Waals surface area contributed by atoms with E-state index in [2.05, 4.69) is 66.3 Å². The van der Waals surface area contributed by atoms with Crippen LogP contribution in [-0.2, 0) is 6.42 Å². The zero-order valence-corrected chi connectivity index (χ0v) is 31.8. The van der Waals surface area contributed by atoms with E-state index in [1.165, 1.54) is 211 Å². The van der Waals surface area contributed by atoms with Gasteiger partial charge in [0.25, 0.3) is 0 Å². The fraction of sp³-hybridized carbons (Fsp3) is 0.800. The third-order valence-corrected chi connectivity index (χ3v) is 10.8. The first-order valence-electron chi connectivity index (χ1n) is 21.4. The van der Waals surface area contributed by atoms with E-state index < -0.39 is 0 Å². The standard InChI is InChI=1S/C45H80N2/c1-3-5-7-9-11-13-15-17-18-19-21-23-25-27-29-34-38-45(47-40-39-46-42-47)44(41-43-35-31-30-32-36-43)37-33-28-26-24-22-20-16-14-12-10-8-6-4-2/h30-32,35-36,39-40,42,44-45H,3-29,33-34,37-38,41H2,1-2H3. The van der Waals surface area contributed by atoms with Crippen LogP contribution in [0.5, 0.6) is 0 Å². The van der Waals surface area contributed by atoms with E-state index in [0.29, 0.717) is 12.0 Å². The minimum absolute atomic E-state index is 0.571. The highest BCUT2D eigenvalue weighted by atomic mass is 15.1. The summed E-state index contributed by atoms with van der Waals surface area (Å²) in [7, 11) is 0. The van der Waals surface area contributed by atoms with Crippen molar-refractivity contribution in [1.82, 2.24) is 9.55 Å². The van der Waals surface area contributed by atoms with E-state index in [0.717, 1.165) is 0 Å². The molecule has 2 unspecified atom stereocenters. The summed E-state index contributed by atoms with van der Waals surface area (Å²) in [5, 5.41) is 0. The van der Waals surface area contributed by atoms with E-state index in [9.17, 15) is 0 Å². The Balaban J connectivity index is 1.63. The molecule has 0 amide bonds. The topological polar surface area (TPSA) is 17.8 Å². The monoisotopic (exact) mass is 649 g/mol. The molecule has 2 heteroatoms. The molecule has 0 aliphatic heterocycles. The Morgan fingerprint density at radius 2 is 0.851 bits per heavy atom. The molecule has 0 bridgehead atoms. The molecule has 0 radical (unpaired) electrons. The van der Waals surface area contributed by atoms with Crippen molar-refractivity contribution in [2.24, 2.45) is 5.92 Å². The Kier molecular flexibility index (Phi) is 28.0. The average molecular weight is 649 g/mol. The van der Waals surface area contributed by atoms with Crippen LogP contribution in [0.1, 0.15) is 224 Å². The van der Waals surface area contributed by atoms with E-state index in [1.807, 2.05) is 6.20 Å². The molecule has 0 aliphatic rings. The Labute approximate surface area is 294 Å². The first-order chi connectivity index (χ1) is 23.3. The van der Waals surface area contributed by atoms with Crippen molar-refractivity contribution < 1.29 is 0 Å². The number of unbranched alkanes of at least 4 members (excludes halogenated alkanes) is 27. The van der Waals surface area contributed by atoms with Gasteiger partial charge in [0.1, 0.15) is 0 Å². The highest BCUT2D eigenvalue weighted by Crippen LogP contribution is 2.32. The number of hydrogen-bond acceptors (Lipinski definition) is 1. The van der Waals surface area contributed by atoms with E-state index in [1.54, 1.807) is 0 Å². The predicted octanol–water partition coefficient (Wildman–Crippen LogP) is 15.4. The van der Waals surface area contributed by atoms with Gasteiger partial charge in [0.15, 0.2) is 0 Å². The summed E-state index contributed by atoms with van der Waals surface area (Å²) in [6.07, 6.45) is 51.7. The van der Waals surface area contributed by atoms with Gasteiger partial charge < -0.3 is 4.57 Å². The quantitative estimate of drug-likeness (QED) is 0.0680. The van der Waals surface area contributed by atoms with Gasteiger partial charge in [-0.15, -0.1) is 0 Å². The lowest BCUT2D eigenvalue weighted by molar-refractivity contribution is 0.275. The molecule has 0 N–H and O–H groups in total. The van der Waals surface area contributed by atoms with Crippen LogP contribution in [0.4, 0.5) is 0 Å². The molecule has 270 valence electrons. The number of benzene rings is 1. The van der Waals surface area contributed by atoms with E-state index >= 15 is 0 Å². The van der Waals surface area contributed by atoms with Crippen molar-refractivity contribution in [3.8, 4) is 0 Å². The van der Waals surface area contributed by atoms with E-state index in [4.69, 9.17) is 0 Å². The van der Waals surface area contributed by atoms with Gasteiger partial charge >= 0.3 is 0 Å². The van der Waals surface area contributed by atoms with Crippen LogP contribution in [0, 0.1) is 5.92 Å². The Morgan fingerprint density at radius 3 is 1.23 bits per heavy atom. The summed E-state index contributed by atoms with van der Waals surface area (Å²) in [6.45, 7) is 4.62. The number of imidazole rings is 1. The van der Waals surface area contributed by atoms with Gasteiger partial charge in [0, 0.05) is 18.4 Å². The Morgan fingerprint density at radius 1 is 0.468 bits per heavy atom. The maximum Gasteiger partial charge on any atom is 0.0948 e. The van der Waals surface area contributed by atoms with Crippen molar-refractivity contribution in [3.05, 3.63) is 54.6 Å². The van der Waals surface area contributed by atoms with Crippen LogP contribution in [0.15, 0.2) is 49.1 Å². The summed E-state index contributed by atoms with van der Waals surface area (Å²) in [6, 6.07) is 11.9. The average Bonchev–Trinajstić information content (AvgIpc) is 3.63. The lowest BCUT2D eigenvalue weighted by Gasteiger charge is -2.29. The second kappa shape index (κ2) is 31.7. The molecule has 2 aromatic rings. The molecule has 2 atom stereocenters. The molecule has 2 nitrogen and oxygen atoms in total. The van der Waals surface area contributed by atoms with Crippen molar-refractivity contribution in [3.63, 3.8) is 0 Å². The number of hydrogen-bond donors (Lipinski definition) is 0. The normalized spacial score (nSPS) is 12.9. The van der Waals surface area contributed by atoms with Gasteiger partial charge in [-0.3, -0.25) is 0 Å². The lowest BCUT2D eigenvalue weighted by Crippen LogP contribution is -2.21. The predicted molar refractivity (Wildman–Crippen MR) is 209 cm³/mol. The summed E-state index contributed by atoms with van der Waals surface area (Å²) in [5.41, 5.74) is 1.50. The van der Waals surface area contributed by atoms with Gasteiger partial charge in [0.05, 0.1) is 6.33 Å². The summed E-state index contributed by atoms with van der Waals surface area (Å²) in [5.74, 6) is 0.690. The Bertz CT molecular complexity index is 859. The van der Waals surface area contributed by atoms with Crippen LogP contribution < -0.4 is 0 Å². The largest absolute Gasteiger partial charge is 0.334 e. The minimum atomic E-state index is 0.571. The first kappa shape index (κ1) is 41.6. The number of aromatic nitrogens is 2. The minimum Gasteiger partial charge on any atom is -0.334 e. The van der Waals surface area contributed by atoms with Crippen LogP contribution in [0.2, 0.25) is 0 Å². The van der Waals surface area contributed by atoms with Gasteiger partial charge in [-0.05, 0) is 30.7 Å². The molecule has 2 rings (SSSR count). The van der Waals surface area contributed by atoms with Gasteiger partial charge in [-0.2, -0.15) is 0 Å². The first-order valence-corrected chi connectivity index (χ1v) is 21.4. The molecule has 1 aromatic heterocycles. The molecule has 1 heterocycles. The number of nitrogens with zero attached hydrogens (tertiary/aromatic N) is 2. The van der Waals surface area contributed by atoms with Crippen LogP contribution in [0.3, 0.4) is 0 Å².